The summed E-state index contributed by atoms with van der Waals surface area (Å²) in [5, 5.41) is 8.75. The molecule has 0 amide bonds. The molecule has 6 nitrogen and oxygen atoms in total. The Labute approximate surface area is 122 Å². The molecule has 1 N–H and O–H groups in total. The maximum Gasteiger partial charge on any atom is 0.387 e. The Bertz CT molecular complexity index is 747. The lowest BCUT2D eigenvalue weighted by molar-refractivity contribution is -0.131. The molecule has 0 aliphatic carbocycles. The molecule has 0 saturated heterocycles. The van der Waals surface area contributed by atoms with Crippen LogP contribution in [-0.2, 0) is 9.53 Å². The maximum atomic E-state index is 12.4. The summed E-state index contributed by atoms with van der Waals surface area (Å²) in [5.41, 5.74) is -0.0221. The van der Waals surface area contributed by atoms with Gasteiger partial charge in [0.15, 0.2) is 11.3 Å². The molecule has 0 unspecified atom stereocenters. The predicted octanol–water partition coefficient (Wildman–Crippen LogP) is 2.92. The van der Waals surface area contributed by atoms with Crippen LogP contribution in [0.2, 0.25) is 0 Å². The van der Waals surface area contributed by atoms with E-state index < -0.39 is 18.6 Å². The summed E-state index contributed by atoms with van der Waals surface area (Å²) in [6.07, 6.45) is 1.93. The maximum absolute atomic E-state index is 12.4. The fourth-order valence-corrected chi connectivity index (χ4v) is 1.83. The highest BCUT2D eigenvalue weighted by molar-refractivity contribution is 6.05. The number of carboxylic acid groups (broad SMARTS) is 1. The first-order valence-electron chi connectivity index (χ1n) is 5.93. The quantitative estimate of drug-likeness (QED) is 0.675. The fourth-order valence-electron chi connectivity index (χ4n) is 1.83. The van der Waals surface area contributed by atoms with Crippen molar-refractivity contribution in [1.82, 2.24) is 0 Å². The smallest absolute Gasteiger partial charge is 0.387 e. The third-order valence-corrected chi connectivity index (χ3v) is 2.68. The topological polar surface area (TPSA) is 86.0 Å². The Morgan fingerprint density at radius 1 is 1.36 bits per heavy atom. The number of carbonyl (C=O) groups is 2. The second-order valence-corrected chi connectivity index (χ2v) is 4.04. The van der Waals surface area contributed by atoms with E-state index in [1.807, 2.05) is 0 Å². The van der Waals surface area contributed by atoms with Crippen molar-refractivity contribution in [3.8, 4) is 5.75 Å². The van der Waals surface area contributed by atoms with E-state index in [4.69, 9.17) is 9.52 Å². The molecule has 0 spiro atoms. The number of hydrogen-bond donors (Lipinski definition) is 1. The molecular weight excluding hydrogens is 302 g/mol. The van der Waals surface area contributed by atoms with Crippen LogP contribution in [0.5, 0.6) is 5.75 Å². The number of carbonyl (C=O) groups excluding carboxylic acids is 1. The van der Waals surface area contributed by atoms with E-state index >= 15 is 0 Å². The molecule has 1 aromatic heterocycles. The van der Waals surface area contributed by atoms with Crippen LogP contribution in [0.4, 0.5) is 8.78 Å². The Kier molecular flexibility index (Phi) is 4.40. The molecule has 0 saturated carbocycles. The first-order valence-corrected chi connectivity index (χ1v) is 5.93. The number of furan rings is 1. The van der Waals surface area contributed by atoms with E-state index in [0.717, 1.165) is 18.2 Å². The summed E-state index contributed by atoms with van der Waals surface area (Å²) in [7, 11) is 1.17. The zero-order valence-corrected chi connectivity index (χ0v) is 11.2. The fraction of sp³-hybridized carbons (Fsp3) is 0.143. The van der Waals surface area contributed by atoms with Crippen molar-refractivity contribution in [2.45, 2.75) is 6.61 Å². The number of fused-ring (bicyclic) bond motifs is 1. The molecule has 1 aromatic carbocycles. The number of ether oxygens (including phenoxy) is 2. The Balaban J connectivity index is 2.60. The number of methoxy groups -OCH3 is 1. The summed E-state index contributed by atoms with van der Waals surface area (Å²) in [4.78, 5) is 22.2. The average molecular weight is 312 g/mol. The van der Waals surface area contributed by atoms with E-state index in [2.05, 4.69) is 9.47 Å². The highest BCUT2D eigenvalue weighted by Crippen LogP contribution is 2.33. The first-order chi connectivity index (χ1) is 10.4. The van der Waals surface area contributed by atoms with Gasteiger partial charge in [-0.15, -0.1) is 0 Å². The number of aliphatic carboxylic acids is 1. The molecule has 0 atom stereocenters. The minimum absolute atomic E-state index is 0.0628. The molecule has 0 aliphatic heterocycles. The zero-order valence-electron chi connectivity index (χ0n) is 11.2. The van der Waals surface area contributed by atoms with Crippen molar-refractivity contribution < 1.29 is 37.4 Å². The number of benzene rings is 1. The van der Waals surface area contributed by atoms with Gasteiger partial charge < -0.3 is 19.0 Å². The summed E-state index contributed by atoms with van der Waals surface area (Å²) in [6.45, 7) is -3.07. The standard InChI is InChI=1S/C14H10F2O6/c1-20-13(19)8-3-4-10(22-14(15)16)12-9(8)6-7(21-12)2-5-11(17)18/h2-6,14H,1H3,(H,17,18)/b5-2-. The van der Waals surface area contributed by atoms with E-state index in [0.29, 0.717) is 0 Å². The van der Waals surface area contributed by atoms with Gasteiger partial charge in [0.25, 0.3) is 0 Å². The van der Waals surface area contributed by atoms with Crippen molar-refractivity contribution in [2.24, 2.45) is 0 Å². The van der Waals surface area contributed by atoms with Crippen molar-refractivity contribution in [3.63, 3.8) is 0 Å². The van der Waals surface area contributed by atoms with E-state index in [9.17, 15) is 18.4 Å². The first kappa shape index (κ1) is 15.5. The van der Waals surface area contributed by atoms with Gasteiger partial charge in [0, 0.05) is 11.5 Å². The molecule has 2 aromatic rings. The van der Waals surface area contributed by atoms with Crippen LogP contribution in [0.15, 0.2) is 28.7 Å². The van der Waals surface area contributed by atoms with Gasteiger partial charge in [0.1, 0.15) is 5.76 Å². The highest BCUT2D eigenvalue weighted by atomic mass is 19.3. The molecule has 0 radical (unpaired) electrons. The van der Waals surface area contributed by atoms with Crippen molar-refractivity contribution >= 4 is 29.0 Å². The van der Waals surface area contributed by atoms with Crippen LogP contribution in [0, 0.1) is 0 Å². The van der Waals surface area contributed by atoms with Gasteiger partial charge in [-0.05, 0) is 24.3 Å². The molecule has 0 bridgehead atoms. The monoisotopic (exact) mass is 312 g/mol. The third kappa shape index (κ3) is 3.22. The number of esters is 1. The number of alkyl halides is 2. The van der Waals surface area contributed by atoms with Crippen LogP contribution >= 0.6 is 0 Å². The van der Waals surface area contributed by atoms with Gasteiger partial charge in [-0.2, -0.15) is 8.78 Å². The molecule has 0 aliphatic rings. The minimum Gasteiger partial charge on any atom is -0.478 e. The Morgan fingerprint density at radius 3 is 2.68 bits per heavy atom. The molecular formula is C14H10F2O6. The summed E-state index contributed by atoms with van der Waals surface area (Å²) in [5.74, 6) is -2.11. The van der Waals surface area contributed by atoms with Crippen molar-refractivity contribution in [2.75, 3.05) is 7.11 Å². The lowest BCUT2D eigenvalue weighted by atomic mass is 10.1. The Morgan fingerprint density at radius 2 is 2.09 bits per heavy atom. The number of carboxylic acids is 1. The average Bonchev–Trinajstić information content (AvgIpc) is 2.88. The lowest BCUT2D eigenvalue weighted by Gasteiger charge is -2.06. The SMILES string of the molecule is COC(=O)c1ccc(OC(F)F)c2oc(/C=C\C(=O)O)cc12. The molecule has 0 fully saturated rings. The van der Waals surface area contributed by atoms with Crippen LogP contribution in [0.25, 0.3) is 17.0 Å². The van der Waals surface area contributed by atoms with Gasteiger partial charge in [-0.1, -0.05) is 0 Å². The van der Waals surface area contributed by atoms with Gasteiger partial charge in [0.05, 0.1) is 12.7 Å². The molecule has 116 valence electrons. The number of rotatable bonds is 5. The molecule has 22 heavy (non-hydrogen) atoms. The van der Waals surface area contributed by atoms with E-state index in [1.165, 1.54) is 19.2 Å². The zero-order chi connectivity index (χ0) is 16.3. The van der Waals surface area contributed by atoms with Crippen LogP contribution in [0.3, 0.4) is 0 Å². The highest BCUT2D eigenvalue weighted by Gasteiger charge is 2.19. The Hall–Kier alpha value is -2.90. The van der Waals surface area contributed by atoms with Gasteiger partial charge in [-0.3, -0.25) is 0 Å². The normalized spacial score (nSPS) is 11.3. The lowest BCUT2D eigenvalue weighted by Crippen LogP contribution is -2.04. The van der Waals surface area contributed by atoms with E-state index in [-0.39, 0.29) is 28.0 Å². The van der Waals surface area contributed by atoms with E-state index in [1.54, 1.807) is 0 Å². The summed E-state index contributed by atoms with van der Waals surface area (Å²) in [6, 6.07) is 3.74. The van der Waals surface area contributed by atoms with Gasteiger partial charge >= 0.3 is 18.6 Å². The van der Waals surface area contributed by atoms with Crippen LogP contribution in [0.1, 0.15) is 16.1 Å². The minimum atomic E-state index is -3.07. The number of halogens is 2. The second kappa shape index (κ2) is 6.25. The van der Waals surface area contributed by atoms with Gasteiger partial charge in [-0.25, -0.2) is 9.59 Å². The molecule has 8 heteroatoms. The third-order valence-electron chi connectivity index (χ3n) is 2.68. The second-order valence-electron chi connectivity index (χ2n) is 4.04. The van der Waals surface area contributed by atoms with Crippen molar-refractivity contribution in [3.05, 3.63) is 35.6 Å². The number of hydrogen-bond acceptors (Lipinski definition) is 5. The summed E-state index contributed by atoms with van der Waals surface area (Å²) >= 11 is 0. The summed E-state index contributed by atoms with van der Waals surface area (Å²) < 4.78 is 39.0. The van der Waals surface area contributed by atoms with Crippen LogP contribution in [-0.4, -0.2) is 30.8 Å². The predicted molar refractivity (Wildman–Crippen MR) is 70.9 cm³/mol. The largest absolute Gasteiger partial charge is 0.478 e. The van der Waals surface area contributed by atoms with Crippen LogP contribution < -0.4 is 4.74 Å². The molecule has 2 rings (SSSR count). The van der Waals surface area contributed by atoms with Crippen molar-refractivity contribution in [1.29, 1.82) is 0 Å². The van der Waals surface area contributed by atoms with Gasteiger partial charge in [0.2, 0.25) is 0 Å². The molecule has 1 heterocycles.